The lowest BCUT2D eigenvalue weighted by atomic mass is 10.1. The zero-order valence-corrected chi connectivity index (χ0v) is 14.2. The normalized spacial score (nSPS) is 16.4. The van der Waals surface area contributed by atoms with Gasteiger partial charge in [0.1, 0.15) is 5.70 Å². The van der Waals surface area contributed by atoms with E-state index in [9.17, 15) is 9.59 Å². The maximum atomic E-state index is 12.6. The number of nitrogens with zero attached hydrogens (tertiary/aromatic N) is 4. The zero-order chi connectivity index (χ0) is 17.7. The predicted molar refractivity (Wildman–Crippen MR) is 91.3 cm³/mol. The van der Waals surface area contributed by atoms with E-state index in [1.165, 1.54) is 12.1 Å². The minimum absolute atomic E-state index is 0.00202. The number of methoxy groups -OCH3 is 1. The Morgan fingerprint density at radius 1 is 1.33 bits per heavy atom. The third-order valence-corrected chi connectivity index (χ3v) is 3.34. The van der Waals surface area contributed by atoms with Gasteiger partial charge in [-0.1, -0.05) is 37.3 Å². The van der Waals surface area contributed by atoms with Gasteiger partial charge in [0.2, 0.25) is 5.96 Å². The average molecular weight is 328 g/mol. The van der Waals surface area contributed by atoms with Crippen molar-refractivity contribution in [3.05, 3.63) is 47.7 Å². The summed E-state index contributed by atoms with van der Waals surface area (Å²) in [7, 11) is 4.75. The van der Waals surface area contributed by atoms with Gasteiger partial charge in [0.05, 0.1) is 18.9 Å². The van der Waals surface area contributed by atoms with E-state index < -0.39 is 11.9 Å². The fraction of sp³-hybridized carbons (Fsp3) is 0.294. The zero-order valence-electron chi connectivity index (χ0n) is 14.2. The molecule has 0 fully saturated rings. The molecule has 0 saturated carbocycles. The maximum absolute atomic E-state index is 12.6. The van der Waals surface area contributed by atoms with E-state index in [0.29, 0.717) is 12.4 Å². The predicted octanol–water partition coefficient (Wildman–Crippen LogP) is 1.62. The SMILES string of the molecule is CC/C(=N\N1C(=O)/C(=C/C(=O)OC)N=C1N(C)C)c1ccccc1. The highest BCUT2D eigenvalue weighted by molar-refractivity contribution is 6.14. The molecule has 1 heterocycles. The van der Waals surface area contributed by atoms with Crippen molar-refractivity contribution in [3.8, 4) is 0 Å². The molecule has 2 rings (SSSR count). The number of guanidine groups is 1. The highest BCUT2D eigenvalue weighted by atomic mass is 16.5. The Balaban J connectivity index is 2.43. The molecule has 0 aliphatic carbocycles. The van der Waals surface area contributed by atoms with Crippen LogP contribution in [0.25, 0.3) is 0 Å². The summed E-state index contributed by atoms with van der Waals surface area (Å²) < 4.78 is 4.56. The van der Waals surface area contributed by atoms with Crippen LogP contribution in [0.1, 0.15) is 18.9 Å². The fourth-order valence-electron chi connectivity index (χ4n) is 2.13. The van der Waals surface area contributed by atoms with Crippen molar-refractivity contribution in [2.24, 2.45) is 10.1 Å². The van der Waals surface area contributed by atoms with E-state index in [-0.39, 0.29) is 5.70 Å². The van der Waals surface area contributed by atoms with Gasteiger partial charge in [0.25, 0.3) is 5.91 Å². The van der Waals surface area contributed by atoms with Crippen molar-refractivity contribution in [1.29, 1.82) is 0 Å². The summed E-state index contributed by atoms with van der Waals surface area (Å²) in [6.45, 7) is 1.96. The number of rotatable bonds is 4. The summed E-state index contributed by atoms with van der Waals surface area (Å²) in [5.74, 6) is -0.757. The number of ether oxygens (including phenoxy) is 1. The van der Waals surface area contributed by atoms with Gasteiger partial charge in [-0.05, 0) is 12.0 Å². The maximum Gasteiger partial charge on any atom is 0.332 e. The Labute approximate surface area is 140 Å². The van der Waals surface area contributed by atoms with E-state index in [0.717, 1.165) is 17.4 Å². The third kappa shape index (κ3) is 3.68. The summed E-state index contributed by atoms with van der Waals surface area (Å²) in [5.41, 5.74) is 1.67. The first-order valence-corrected chi connectivity index (χ1v) is 7.51. The van der Waals surface area contributed by atoms with Crippen molar-refractivity contribution >= 4 is 23.5 Å². The second kappa shape index (κ2) is 7.54. The van der Waals surface area contributed by atoms with Crippen LogP contribution < -0.4 is 0 Å². The van der Waals surface area contributed by atoms with Crippen molar-refractivity contribution in [2.45, 2.75) is 13.3 Å². The smallest absolute Gasteiger partial charge is 0.332 e. The number of aliphatic imine (C=N–C) groups is 1. The lowest BCUT2D eigenvalue weighted by Gasteiger charge is -2.19. The minimum atomic E-state index is -0.634. The van der Waals surface area contributed by atoms with Crippen LogP contribution in [0.15, 0.2) is 52.2 Å². The number of amides is 1. The number of esters is 1. The molecule has 7 heteroatoms. The molecule has 0 saturated heterocycles. The lowest BCUT2D eigenvalue weighted by molar-refractivity contribution is -0.135. The Hall–Kier alpha value is -2.96. The molecule has 0 spiro atoms. The number of hydrogen-bond donors (Lipinski definition) is 0. The Kier molecular flexibility index (Phi) is 5.47. The quantitative estimate of drug-likeness (QED) is 0.478. The van der Waals surface area contributed by atoms with Crippen LogP contribution in [-0.4, -0.2) is 54.7 Å². The summed E-state index contributed by atoms with van der Waals surface area (Å²) in [5, 5.41) is 5.68. The average Bonchev–Trinajstić information content (AvgIpc) is 2.89. The lowest BCUT2D eigenvalue weighted by Crippen LogP contribution is -2.37. The highest BCUT2D eigenvalue weighted by Gasteiger charge is 2.33. The van der Waals surface area contributed by atoms with Gasteiger partial charge in [-0.2, -0.15) is 10.1 Å². The van der Waals surface area contributed by atoms with E-state index in [1.54, 1.807) is 19.0 Å². The second-order valence-electron chi connectivity index (χ2n) is 5.24. The van der Waals surface area contributed by atoms with Gasteiger partial charge >= 0.3 is 5.97 Å². The Morgan fingerprint density at radius 3 is 2.54 bits per heavy atom. The number of hydrogen-bond acceptors (Lipinski definition) is 6. The van der Waals surface area contributed by atoms with E-state index in [4.69, 9.17) is 0 Å². The molecule has 1 amide bonds. The molecule has 1 aliphatic heterocycles. The molecule has 0 bridgehead atoms. The van der Waals surface area contributed by atoms with Crippen molar-refractivity contribution in [2.75, 3.05) is 21.2 Å². The molecule has 0 aromatic heterocycles. The molecule has 1 aliphatic rings. The number of hydrazone groups is 1. The highest BCUT2D eigenvalue weighted by Crippen LogP contribution is 2.18. The van der Waals surface area contributed by atoms with Crippen LogP contribution in [0.2, 0.25) is 0 Å². The van der Waals surface area contributed by atoms with E-state index in [2.05, 4.69) is 14.8 Å². The molecular formula is C17H20N4O3. The summed E-state index contributed by atoms with van der Waals surface area (Å²) in [6.07, 6.45) is 1.71. The van der Waals surface area contributed by atoms with Crippen molar-refractivity contribution < 1.29 is 14.3 Å². The fourth-order valence-corrected chi connectivity index (χ4v) is 2.13. The summed E-state index contributed by atoms with van der Waals surface area (Å²) in [4.78, 5) is 29.8. The number of carbonyl (C=O) groups is 2. The first-order chi connectivity index (χ1) is 11.5. The number of benzene rings is 1. The van der Waals surface area contributed by atoms with Gasteiger partial charge < -0.3 is 9.64 Å². The first-order valence-electron chi connectivity index (χ1n) is 7.51. The van der Waals surface area contributed by atoms with Crippen LogP contribution in [-0.2, 0) is 14.3 Å². The summed E-state index contributed by atoms with van der Waals surface area (Å²) in [6, 6.07) is 9.61. The van der Waals surface area contributed by atoms with Gasteiger partial charge in [-0.3, -0.25) is 4.79 Å². The van der Waals surface area contributed by atoms with Crippen LogP contribution in [0.3, 0.4) is 0 Å². The molecule has 0 unspecified atom stereocenters. The molecule has 24 heavy (non-hydrogen) atoms. The molecule has 126 valence electrons. The second-order valence-corrected chi connectivity index (χ2v) is 5.24. The standard InChI is InChI=1S/C17H20N4O3/c1-5-13(12-9-7-6-8-10-12)19-21-16(23)14(11-15(22)24-4)18-17(21)20(2)3/h6-11H,5H2,1-4H3/b14-11-,19-13+. The summed E-state index contributed by atoms with van der Waals surface area (Å²) >= 11 is 0. The molecule has 0 atom stereocenters. The van der Waals surface area contributed by atoms with Gasteiger partial charge in [0, 0.05) is 14.1 Å². The molecule has 1 aromatic carbocycles. The molecule has 7 nitrogen and oxygen atoms in total. The Morgan fingerprint density at radius 2 is 2.00 bits per heavy atom. The minimum Gasteiger partial charge on any atom is -0.466 e. The third-order valence-electron chi connectivity index (χ3n) is 3.34. The monoisotopic (exact) mass is 328 g/mol. The van der Waals surface area contributed by atoms with Crippen LogP contribution >= 0.6 is 0 Å². The van der Waals surface area contributed by atoms with Crippen LogP contribution in [0.4, 0.5) is 0 Å². The van der Waals surface area contributed by atoms with Crippen LogP contribution in [0, 0.1) is 0 Å². The van der Waals surface area contributed by atoms with Crippen molar-refractivity contribution in [1.82, 2.24) is 9.91 Å². The van der Waals surface area contributed by atoms with Crippen LogP contribution in [0.5, 0.6) is 0 Å². The van der Waals surface area contributed by atoms with Gasteiger partial charge in [-0.25, -0.2) is 9.79 Å². The molecule has 0 N–H and O–H groups in total. The topological polar surface area (TPSA) is 74.6 Å². The Bertz CT molecular complexity index is 721. The molecule has 0 radical (unpaired) electrons. The van der Waals surface area contributed by atoms with E-state index in [1.807, 2.05) is 37.3 Å². The first kappa shape index (κ1) is 17.4. The largest absolute Gasteiger partial charge is 0.466 e. The van der Waals surface area contributed by atoms with Gasteiger partial charge in [-0.15, -0.1) is 0 Å². The molecule has 1 aromatic rings. The van der Waals surface area contributed by atoms with E-state index >= 15 is 0 Å². The van der Waals surface area contributed by atoms with Crippen molar-refractivity contribution in [3.63, 3.8) is 0 Å². The van der Waals surface area contributed by atoms with Gasteiger partial charge in [0.15, 0.2) is 0 Å². The number of carbonyl (C=O) groups excluding carboxylic acids is 2. The molecular weight excluding hydrogens is 308 g/mol.